The molecule has 0 bridgehead atoms. The van der Waals surface area contributed by atoms with Gasteiger partial charge < -0.3 is 14.7 Å². The molecular weight excluding hydrogens is 190 g/mol. The predicted octanol–water partition coefficient (Wildman–Crippen LogP) is 1.26. The van der Waals surface area contributed by atoms with Crippen LogP contribution in [0.5, 0.6) is 0 Å². The molecule has 0 aromatic carbocycles. The molecule has 1 heterocycles. The average molecular weight is 213 g/mol. The fraction of sp³-hybridized carbons (Fsp3) is 1.00. The predicted molar refractivity (Wildman–Crippen MR) is 59.8 cm³/mol. The Labute approximate surface area is 92.4 Å². The van der Waals surface area contributed by atoms with E-state index in [0.29, 0.717) is 6.61 Å². The van der Waals surface area contributed by atoms with Gasteiger partial charge >= 0.3 is 0 Å². The van der Waals surface area contributed by atoms with Gasteiger partial charge in [-0.1, -0.05) is 6.42 Å². The molecule has 3 nitrogen and oxygen atoms in total. The van der Waals surface area contributed by atoms with E-state index in [-0.39, 0.29) is 5.41 Å². The second-order valence-electron chi connectivity index (χ2n) is 5.27. The van der Waals surface area contributed by atoms with Crippen LogP contribution in [-0.4, -0.2) is 49.5 Å². The number of aliphatic hydroxyl groups is 1. The number of hydrogen-bond acceptors (Lipinski definition) is 3. The van der Waals surface area contributed by atoms with Gasteiger partial charge in [0.1, 0.15) is 0 Å². The molecule has 0 unspecified atom stereocenters. The Balaban J connectivity index is 1.87. The van der Waals surface area contributed by atoms with E-state index in [1.807, 2.05) is 0 Å². The Bertz CT molecular complexity index is 198. The number of nitrogens with zero attached hydrogens (tertiary/aromatic N) is 1. The Morgan fingerprint density at radius 2 is 2.00 bits per heavy atom. The van der Waals surface area contributed by atoms with Gasteiger partial charge in [0.25, 0.3) is 0 Å². The lowest BCUT2D eigenvalue weighted by molar-refractivity contribution is -0.0411. The molecule has 88 valence electrons. The van der Waals surface area contributed by atoms with E-state index in [2.05, 4.69) is 11.9 Å². The van der Waals surface area contributed by atoms with E-state index in [0.717, 1.165) is 38.6 Å². The van der Waals surface area contributed by atoms with Gasteiger partial charge in [-0.05, 0) is 32.7 Å². The van der Waals surface area contributed by atoms with Crippen LogP contribution < -0.4 is 0 Å². The first kappa shape index (κ1) is 11.4. The van der Waals surface area contributed by atoms with Crippen molar-refractivity contribution in [1.82, 2.24) is 4.90 Å². The quantitative estimate of drug-likeness (QED) is 0.763. The molecular formula is C12H23NO2. The van der Waals surface area contributed by atoms with Gasteiger partial charge in [-0.3, -0.25) is 0 Å². The molecule has 15 heavy (non-hydrogen) atoms. The lowest BCUT2D eigenvalue weighted by Crippen LogP contribution is -2.47. The Hall–Kier alpha value is -0.120. The Morgan fingerprint density at radius 3 is 2.47 bits per heavy atom. The average Bonchev–Trinajstić information content (AvgIpc) is 2.16. The number of ether oxygens (including phenoxy) is 1. The molecule has 2 fully saturated rings. The zero-order valence-corrected chi connectivity index (χ0v) is 9.74. The summed E-state index contributed by atoms with van der Waals surface area (Å²) in [5.74, 6) is 0. The summed E-state index contributed by atoms with van der Waals surface area (Å²) in [6, 6.07) is 0.774. The van der Waals surface area contributed by atoms with E-state index in [4.69, 9.17) is 4.74 Å². The molecule has 1 N–H and O–H groups in total. The first-order chi connectivity index (χ1) is 7.26. The topological polar surface area (TPSA) is 32.7 Å². The largest absolute Gasteiger partial charge is 0.396 e. The van der Waals surface area contributed by atoms with Crippen LogP contribution in [-0.2, 0) is 4.74 Å². The van der Waals surface area contributed by atoms with Crippen LogP contribution in [0.1, 0.15) is 32.1 Å². The molecule has 1 saturated heterocycles. The first-order valence-corrected chi connectivity index (χ1v) is 6.15. The molecule has 3 heteroatoms. The second-order valence-corrected chi connectivity index (χ2v) is 5.27. The van der Waals surface area contributed by atoms with Crippen molar-refractivity contribution in [1.29, 1.82) is 0 Å². The van der Waals surface area contributed by atoms with Gasteiger partial charge in [0, 0.05) is 31.2 Å². The Morgan fingerprint density at radius 1 is 1.33 bits per heavy atom. The summed E-state index contributed by atoms with van der Waals surface area (Å²) in [5, 5.41) is 9.58. The minimum absolute atomic E-state index is 0.114. The molecule has 0 aromatic rings. The van der Waals surface area contributed by atoms with Crippen LogP contribution in [0.25, 0.3) is 0 Å². The molecule has 0 atom stereocenters. The van der Waals surface area contributed by atoms with Crippen LogP contribution in [0, 0.1) is 5.41 Å². The maximum Gasteiger partial charge on any atom is 0.0501 e. The van der Waals surface area contributed by atoms with Crippen molar-refractivity contribution in [2.45, 2.75) is 38.1 Å². The summed E-state index contributed by atoms with van der Waals surface area (Å²) < 4.78 is 5.38. The van der Waals surface area contributed by atoms with Crippen molar-refractivity contribution in [2.75, 3.05) is 33.4 Å². The minimum Gasteiger partial charge on any atom is -0.396 e. The van der Waals surface area contributed by atoms with Crippen LogP contribution in [0.15, 0.2) is 0 Å². The highest BCUT2D eigenvalue weighted by atomic mass is 16.5. The number of hydrogen-bond donors (Lipinski definition) is 1. The fourth-order valence-corrected chi connectivity index (χ4v) is 2.66. The van der Waals surface area contributed by atoms with Crippen LogP contribution in [0.2, 0.25) is 0 Å². The van der Waals surface area contributed by atoms with Crippen molar-refractivity contribution in [2.24, 2.45) is 5.41 Å². The zero-order chi connectivity index (χ0) is 10.7. The van der Waals surface area contributed by atoms with Crippen molar-refractivity contribution in [3.63, 3.8) is 0 Å². The molecule has 2 aliphatic rings. The third-order valence-electron chi connectivity index (χ3n) is 4.17. The normalized spacial score (nSPS) is 26.6. The van der Waals surface area contributed by atoms with E-state index < -0.39 is 0 Å². The lowest BCUT2D eigenvalue weighted by Gasteiger charge is -2.43. The molecule has 0 radical (unpaired) electrons. The highest BCUT2D eigenvalue weighted by Crippen LogP contribution is 2.33. The van der Waals surface area contributed by atoms with Gasteiger partial charge in [0.2, 0.25) is 0 Å². The van der Waals surface area contributed by atoms with Gasteiger partial charge in [-0.25, -0.2) is 0 Å². The monoisotopic (exact) mass is 213 g/mol. The van der Waals surface area contributed by atoms with Crippen molar-refractivity contribution in [3.05, 3.63) is 0 Å². The highest BCUT2D eigenvalue weighted by Gasteiger charge is 2.35. The van der Waals surface area contributed by atoms with E-state index in [1.54, 1.807) is 0 Å². The summed E-state index contributed by atoms with van der Waals surface area (Å²) in [4.78, 5) is 2.45. The fourth-order valence-electron chi connectivity index (χ4n) is 2.66. The number of rotatable bonds is 4. The maximum absolute atomic E-state index is 9.58. The third-order valence-corrected chi connectivity index (χ3v) is 4.17. The van der Waals surface area contributed by atoms with Crippen molar-refractivity contribution >= 4 is 0 Å². The van der Waals surface area contributed by atoms with Crippen molar-refractivity contribution < 1.29 is 9.84 Å². The van der Waals surface area contributed by atoms with E-state index in [1.165, 1.54) is 19.3 Å². The van der Waals surface area contributed by atoms with Gasteiger partial charge in [0.15, 0.2) is 0 Å². The van der Waals surface area contributed by atoms with Crippen molar-refractivity contribution in [3.8, 4) is 0 Å². The molecule has 1 aliphatic heterocycles. The second kappa shape index (κ2) is 4.81. The highest BCUT2D eigenvalue weighted by molar-refractivity contribution is 4.87. The summed E-state index contributed by atoms with van der Waals surface area (Å²) >= 11 is 0. The maximum atomic E-state index is 9.58. The van der Waals surface area contributed by atoms with Gasteiger partial charge in [0.05, 0.1) is 6.61 Å². The summed E-state index contributed by atoms with van der Waals surface area (Å²) in [6.45, 7) is 2.99. The molecule has 0 amide bonds. The van der Waals surface area contributed by atoms with Crippen LogP contribution in [0.3, 0.4) is 0 Å². The lowest BCUT2D eigenvalue weighted by atomic mass is 9.79. The summed E-state index contributed by atoms with van der Waals surface area (Å²) in [7, 11) is 2.21. The van der Waals surface area contributed by atoms with E-state index in [9.17, 15) is 5.11 Å². The standard InChI is InChI=1S/C12H23NO2/c1-13(11-3-2-4-11)9-12(10-14)5-7-15-8-6-12/h11,14H,2-10H2,1H3. The minimum atomic E-state index is 0.114. The van der Waals surface area contributed by atoms with Gasteiger partial charge in [-0.15, -0.1) is 0 Å². The number of aliphatic hydroxyl groups excluding tert-OH is 1. The first-order valence-electron chi connectivity index (χ1n) is 6.15. The van der Waals surface area contributed by atoms with Crippen LogP contribution in [0.4, 0.5) is 0 Å². The summed E-state index contributed by atoms with van der Waals surface area (Å²) in [5.41, 5.74) is 0.114. The zero-order valence-electron chi connectivity index (χ0n) is 9.74. The van der Waals surface area contributed by atoms with Gasteiger partial charge in [-0.2, -0.15) is 0 Å². The Kier molecular flexibility index (Phi) is 3.65. The van der Waals surface area contributed by atoms with E-state index >= 15 is 0 Å². The molecule has 2 rings (SSSR count). The molecule has 0 spiro atoms. The summed E-state index contributed by atoms with van der Waals surface area (Å²) in [6.07, 6.45) is 6.09. The molecule has 1 saturated carbocycles. The third kappa shape index (κ3) is 2.52. The SMILES string of the molecule is CN(CC1(CO)CCOCC1)C1CCC1. The van der Waals surface area contributed by atoms with Crippen LogP contribution >= 0.6 is 0 Å². The molecule has 1 aliphatic carbocycles. The molecule has 0 aromatic heterocycles. The smallest absolute Gasteiger partial charge is 0.0501 e.